The number of halogens is 2. The van der Waals surface area contributed by atoms with Crippen LogP contribution in [0.4, 0.5) is 4.39 Å². The van der Waals surface area contributed by atoms with E-state index >= 15 is 0 Å². The molecule has 0 spiro atoms. The Bertz CT molecular complexity index is 285. The Morgan fingerprint density at radius 3 is 2.71 bits per heavy atom. The Morgan fingerprint density at radius 1 is 1.43 bits per heavy atom. The summed E-state index contributed by atoms with van der Waals surface area (Å²) in [5, 5.41) is 0.179. The Balaban J connectivity index is 2.60. The van der Waals surface area contributed by atoms with E-state index < -0.39 is 0 Å². The van der Waals surface area contributed by atoms with Crippen LogP contribution in [0, 0.1) is 11.7 Å². The van der Waals surface area contributed by atoms with E-state index in [0.29, 0.717) is 5.92 Å². The number of hydrogen-bond donors (Lipinski definition) is 0. The van der Waals surface area contributed by atoms with Crippen molar-refractivity contribution in [2.45, 2.75) is 32.1 Å². The van der Waals surface area contributed by atoms with Crippen LogP contribution in [0.3, 0.4) is 0 Å². The zero-order valence-corrected chi connectivity index (χ0v) is 9.39. The molecule has 1 aromatic carbocycles. The Kier molecular flexibility index (Phi) is 4.40. The molecule has 0 radical (unpaired) electrons. The third kappa shape index (κ3) is 3.30. The minimum Gasteiger partial charge on any atom is -0.207 e. The molecular formula is C12H16ClF. The standard InChI is InChI=1S/C12H16ClF/c1-3-12(13)9(2)7-10-5-4-6-11(14)8-10/h4-6,8-9,12H,3,7H2,1-2H3. The van der Waals surface area contributed by atoms with Crippen molar-refractivity contribution in [1.82, 2.24) is 0 Å². The van der Waals surface area contributed by atoms with Gasteiger partial charge in [0.2, 0.25) is 0 Å². The number of hydrogen-bond acceptors (Lipinski definition) is 0. The first-order valence-corrected chi connectivity index (χ1v) is 5.45. The summed E-state index contributed by atoms with van der Waals surface area (Å²) in [6, 6.07) is 6.73. The lowest BCUT2D eigenvalue weighted by Crippen LogP contribution is -2.13. The fourth-order valence-electron chi connectivity index (χ4n) is 1.57. The Hall–Kier alpha value is -0.560. The number of alkyl halides is 1. The first kappa shape index (κ1) is 11.5. The van der Waals surface area contributed by atoms with Gasteiger partial charge in [0.1, 0.15) is 5.82 Å². The van der Waals surface area contributed by atoms with Gasteiger partial charge in [0.25, 0.3) is 0 Å². The monoisotopic (exact) mass is 214 g/mol. The lowest BCUT2D eigenvalue weighted by atomic mass is 9.96. The van der Waals surface area contributed by atoms with Crippen LogP contribution < -0.4 is 0 Å². The summed E-state index contributed by atoms with van der Waals surface area (Å²) in [6.45, 7) is 4.17. The summed E-state index contributed by atoms with van der Waals surface area (Å²) in [6.07, 6.45) is 1.80. The van der Waals surface area contributed by atoms with E-state index in [2.05, 4.69) is 13.8 Å². The molecule has 2 heteroatoms. The van der Waals surface area contributed by atoms with Gasteiger partial charge in [0.15, 0.2) is 0 Å². The van der Waals surface area contributed by atoms with Crippen LogP contribution >= 0.6 is 11.6 Å². The maximum Gasteiger partial charge on any atom is 0.123 e. The van der Waals surface area contributed by atoms with Gasteiger partial charge in [-0.05, 0) is 36.5 Å². The van der Waals surface area contributed by atoms with Crippen LogP contribution in [0.5, 0.6) is 0 Å². The normalized spacial score (nSPS) is 15.1. The lowest BCUT2D eigenvalue weighted by molar-refractivity contribution is 0.528. The van der Waals surface area contributed by atoms with E-state index in [9.17, 15) is 4.39 Å². The molecule has 0 bridgehead atoms. The Labute approximate surface area is 90.1 Å². The van der Waals surface area contributed by atoms with Crippen molar-refractivity contribution in [1.29, 1.82) is 0 Å². The highest BCUT2D eigenvalue weighted by molar-refractivity contribution is 6.20. The predicted molar refractivity (Wildman–Crippen MR) is 59.2 cm³/mol. The second-order valence-electron chi connectivity index (χ2n) is 3.74. The summed E-state index contributed by atoms with van der Waals surface area (Å²) < 4.78 is 12.9. The van der Waals surface area contributed by atoms with Gasteiger partial charge in [-0.25, -0.2) is 4.39 Å². The highest BCUT2D eigenvalue weighted by atomic mass is 35.5. The first-order valence-electron chi connectivity index (χ1n) is 5.02. The van der Waals surface area contributed by atoms with Gasteiger partial charge < -0.3 is 0 Å². The molecule has 0 saturated heterocycles. The molecule has 2 unspecified atom stereocenters. The SMILES string of the molecule is CCC(Cl)C(C)Cc1cccc(F)c1. The third-order valence-electron chi connectivity index (χ3n) is 2.45. The average Bonchev–Trinajstić information content (AvgIpc) is 2.16. The summed E-state index contributed by atoms with van der Waals surface area (Å²) >= 11 is 6.11. The molecule has 0 aromatic heterocycles. The van der Waals surface area contributed by atoms with Crippen LogP contribution in [0.1, 0.15) is 25.8 Å². The topological polar surface area (TPSA) is 0 Å². The fourth-order valence-corrected chi connectivity index (χ4v) is 1.66. The largest absolute Gasteiger partial charge is 0.207 e. The molecule has 0 saturated carbocycles. The summed E-state index contributed by atoms with van der Waals surface area (Å²) in [5.74, 6) is 0.223. The summed E-state index contributed by atoms with van der Waals surface area (Å²) in [5.41, 5.74) is 1.02. The maximum atomic E-state index is 12.9. The van der Waals surface area contributed by atoms with Gasteiger partial charge >= 0.3 is 0 Å². The maximum absolute atomic E-state index is 12.9. The van der Waals surface area contributed by atoms with Crippen LogP contribution in [-0.4, -0.2) is 5.38 Å². The Morgan fingerprint density at radius 2 is 2.14 bits per heavy atom. The molecule has 0 aliphatic rings. The second-order valence-corrected chi connectivity index (χ2v) is 4.30. The fraction of sp³-hybridized carbons (Fsp3) is 0.500. The van der Waals surface area contributed by atoms with Gasteiger partial charge in [0.05, 0.1) is 0 Å². The molecule has 0 fully saturated rings. The van der Waals surface area contributed by atoms with Crippen LogP contribution in [-0.2, 0) is 6.42 Å². The smallest absolute Gasteiger partial charge is 0.123 e. The zero-order chi connectivity index (χ0) is 10.6. The molecule has 0 heterocycles. The van der Waals surface area contributed by atoms with E-state index in [0.717, 1.165) is 18.4 Å². The van der Waals surface area contributed by atoms with E-state index in [1.807, 2.05) is 6.07 Å². The van der Waals surface area contributed by atoms with Crippen molar-refractivity contribution in [3.8, 4) is 0 Å². The lowest BCUT2D eigenvalue weighted by Gasteiger charge is -2.16. The molecule has 0 aliphatic heterocycles. The molecule has 78 valence electrons. The molecule has 2 atom stereocenters. The molecule has 1 aromatic rings. The number of rotatable bonds is 4. The zero-order valence-electron chi connectivity index (χ0n) is 8.63. The van der Waals surface area contributed by atoms with E-state index in [1.165, 1.54) is 6.07 Å². The van der Waals surface area contributed by atoms with Crippen LogP contribution in [0.25, 0.3) is 0 Å². The first-order chi connectivity index (χ1) is 6.63. The predicted octanol–water partition coefficient (Wildman–Crippen LogP) is 4.02. The quantitative estimate of drug-likeness (QED) is 0.665. The molecule has 0 nitrogen and oxygen atoms in total. The highest BCUT2D eigenvalue weighted by Crippen LogP contribution is 2.19. The molecule has 0 amide bonds. The van der Waals surface area contributed by atoms with Crippen molar-refractivity contribution in [3.05, 3.63) is 35.6 Å². The van der Waals surface area contributed by atoms with E-state index in [1.54, 1.807) is 12.1 Å². The van der Waals surface area contributed by atoms with Gasteiger partial charge in [-0.1, -0.05) is 26.0 Å². The second kappa shape index (κ2) is 5.35. The van der Waals surface area contributed by atoms with Crippen LogP contribution in [0.2, 0.25) is 0 Å². The van der Waals surface area contributed by atoms with Gasteiger partial charge in [-0.2, -0.15) is 0 Å². The highest BCUT2D eigenvalue weighted by Gasteiger charge is 2.12. The van der Waals surface area contributed by atoms with Crippen molar-refractivity contribution in [2.75, 3.05) is 0 Å². The number of benzene rings is 1. The summed E-state index contributed by atoms with van der Waals surface area (Å²) in [4.78, 5) is 0. The van der Waals surface area contributed by atoms with Crippen LogP contribution in [0.15, 0.2) is 24.3 Å². The molecule has 1 rings (SSSR count). The molecular weight excluding hydrogens is 199 g/mol. The van der Waals surface area contributed by atoms with E-state index in [-0.39, 0.29) is 11.2 Å². The molecule has 0 aliphatic carbocycles. The molecule has 0 N–H and O–H groups in total. The van der Waals surface area contributed by atoms with Crippen molar-refractivity contribution < 1.29 is 4.39 Å². The minimum absolute atomic E-state index is 0.169. The van der Waals surface area contributed by atoms with Crippen molar-refractivity contribution in [2.24, 2.45) is 5.92 Å². The molecule has 14 heavy (non-hydrogen) atoms. The minimum atomic E-state index is -0.169. The van der Waals surface area contributed by atoms with Gasteiger partial charge in [-0.15, -0.1) is 11.6 Å². The van der Waals surface area contributed by atoms with E-state index in [4.69, 9.17) is 11.6 Å². The average molecular weight is 215 g/mol. The van der Waals surface area contributed by atoms with Crippen molar-refractivity contribution in [3.63, 3.8) is 0 Å². The van der Waals surface area contributed by atoms with Crippen molar-refractivity contribution >= 4 is 11.6 Å². The van der Waals surface area contributed by atoms with Gasteiger partial charge in [-0.3, -0.25) is 0 Å². The third-order valence-corrected chi connectivity index (χ3v) is 3.19. The summed E-state index contributed by atoms with van der Waals surface area (Å²) in [7, 11) is 0. The van der Waals surface area contributed by atoms with Gasteiger partial charge in [0, 0.05) is 5.38 Å².